The lowest BCUT2D eigenvalue weighted by molar-refractivity contribution is -0.144. The number of benzene rings is 1. The molecule has 1 unspecified atom stereocenters. The maximum absolute atomic E-state index is 11.6. The van der Waals surface area contributed by atoms with Crippen molar-refractivity contribution in [2.75, 3.05) is 5.32 Å². The fraction of sp³-hybridized carbons (Fsp3) is 0.154. The number of aromatic nitrogens is 2. The lowest BCUT2D eigenvalue weighted by Crippen LogP contribution is -2.26. The number of aromatic amines is 1. The molecule has 6 heteroatoms. The number of carboxylic acids is 1. The number of carbonyl (C=O) groups excluding carboxylic acids is 1. The molecule has 0 saturated carbocycles. The summed E-state index contributed by atoms with van der Waals surface area (Å²) in [6, 6.07) is 8.90. The molecule has 0 aliphatic heterocycles. The van der Waals surface area contributed by atoms with Gasteiger partial charge in [0.1, 0.15) is 5.92 Å². The van der Waals surface area contributed by atoms with Crippen LogP contribution in [0, 0.1) is 5.92 Å². The average molecular weight is 259 g/mol. The Morgan fingerprint density at radius 1 is 1.37 bits per heavy atom. The highest BCUT2D eigenvalue weighted by Crippen LogP contribution is 2.20. The highest BCUT2D eigenvalue weighted by molar-refractivity contribution is 6.04. The second-order valence-electron chi connectivity index (χ2n) is 4.10. The Labute approximate surface area is 109 Å². The average Bonchev–Trinajstić information content (AvgIpc) is 2.91. The second-order valence-corrected chi connectivity index (χ2v) is 4.10. The predicted octanol–water partition coefficient (Wildman–Crippen LogP) is 1.74. The zero-order chi connectivity index (χ0) is 13.8. The van der Waals surface area contributed by atoms with Gasteiger partial charge in [0, 0.05) is 17.4 Å². The highest BCUT2D eigenvalue weighted by atomic mass is 16.4. The van der Waals surface area contributed by atoms with Crippen LogP contribution in [0.5, 0.6) is 0 Å². The van der Waals surface area contributed by atoms with Crippen LogP contribution in [0.2, 0.25) is 0 Å². The molecule has 19 heavy (non-hydrogen) atoms. The maximum atomic E-state index is 11.6. The third-order valence-corrected chi connectivity index (χ3v) is 2.71. The summed E-state index contributed by atoms with van der Waals surface area (Å²) in [6.07, 6.45) is 1.63. The number of rotatable bonds is 4. The first kappa shape index (κ1) is 12.8. The Morgan fingerprint density at radius 3 is 2.79 bits per heavy atom. The van der Waals surface area contributed by atoms with Crippen molar-refractivity contribution in [2.45, 2.75) is 6.92 Å². The molecule has 1 heterocycles. The molecule has 0 spiro atoms. The number of amides is 1. The molecule has 1 atom stereocenters. The minimum absolute atomic E-state index is 0.546. The molecule has 0 bridgehead atoms. The number of aliphatic carboxylic acids is 1. The molecule has 2 rings (SSSR count). The van der Waals surface area contributed by atoms with Crippen LogP contribution >= 0.6 is 0 Å². The lowest BCUT2D eigenvalue weighted by Gasteiger charge is -2.09. The molecule has 1 aromatic carbocycles. The third kappa shape index (κ3) is 2.98. The van der Waals surface area contributed by atoms with Gasteiger partial charge in [-0.1, -0.05) is 12.1 Å². The Hall–Kier alpha value is -2.63. The Bertz CT molecular complexity index is 593. The summed E-state index contributed by atoms with van der Waals surface area (Å²) in [4.78, 5) is 22.4. The Balaban J connectivity index is 2.16. The highest BCUT2D eigenvalue weighted by Gasteiger charge is 2.20. The molecular weight excluding hydrogens is 246 g/mol. The first-order valence-corrected chi connectivity index (χ1v) is 5.71. The van der Waals surface area contributed by atoms with Crippen molar-refractivity contribution in [1.82, 2.24) is 10.2 Å². The smallest absolute Gasteiger partial charge is 0.315 e. The summed E-state index contributed by atoms with van der Waals surface area (Å²) in [5, 5.41) is 18.0. The molecule has 0 fully saturated rings. The van der Waals surface area contributed by atoms with Crippen molar-refractivity contribution in [3.8, 4) is 11.3 Å². The van der Waals surface area contributed by atoms with E-state index in [0.29, 0.717) is 5.69 Å². The van der Waals surface area contributed by atoms with Gasteiger partial charge in [-0.25, -0.2) is 0 Å². The molecule has 1 amide bonds. The Morgan fingerprint density at radius 2 is 2.16 bits per heavy atom. The van der Waals surface area contributed by atoms with Gasteiger partial charge in [-0.15, -0.1) is 0 Å². The van der Waals surface area contributed by atoms with Crippen LogP contribution in [0.1, 0.15) is 6.92 Å². The summed E-state index contributed by atoms with van der Waals surface area (Å²) in [5.74, 6) is -2.78. The maximum Gasteiger partial charge on any atom is 0.315 e. The van der Waals surface area contributed by atoms with E-state index in [1.165, 1.54) is 6.92 Å². The standard InChI is InChI=1S/C13H13N3O3/c1-8(13(18)19)12(17)15-10-4-2-3-9(7-10)11-5-6-14-16-11/h2-8H,1H3,(H,14,16)(H,15,17)(H,18,19). The van der Waals surface area contributed by atoms with Crippen molar-refractivity contribution in [3.63, 3.8) is 0 Å². The first-order valence-electron chi connectivity index (χ1n) is 5.71. The summed E-state index contributed by atoms with van der Waals surface area (Å²) < 4.78 is 0. The molecule has 0 saturated heterocycles. The van der Waals surface area contributed by atoms with E-state index < -0.39 is 17.8 Å². The van der Waals surface area contributed by atoms with Gasteiger partial charge in [0.15, 0.2) is 0 Å². The minimum atomic E-state index is -1.15. The Kier molecular flexibility index (Phi) is 3.61. The SMILES string of the molecule is CC(C(=O)O)C(=O)Nc1cccc(-c2ccn[nH]2)c1. The van der Waals surface area contributed by atoms with Crippen LogP contribution in [0.25, 0.3) is 11.3 Å². The van der Waals surface area contributed by atoms with Crippen LogP contribution in [-0.2, 0) is 9.59 Å². The van der Waals surface area contributed by atoms with Gasteiger partial charge in [-0.05, 0) is 25.1 Å². The first-order chi connectivity index (χ1) is 9.08. The molecular formula is C13H13N3O3. The molecule has 0 aliphatic carbocycles. The number of hydrogen-bond acceptors (Lipinski definition) is 3. The monoisotopic (exact) mass is 259 g/mol. The third-order valence-electron chi connectivity index (χ3n) is 2.71. The van der Waals surface area contributed by atoms with Crippen LogP contribution in [0.3, 0.4) is 0 Å². The lowest BCUT2D eigenvalue weighted by atomic mass is 10.1. The molecule has 0 aliphatic rings. The van der Waals surface area contributed by atoms with Gasteiger partial charge in [0.05, 0.1) is 5.69 Å². The second kappa shape index (κ2) is 5.34. The number of nitrogens with zero attached hydrogens (tertiary/aromatic N) is 1. The summed E-state index contributed by atoms with van der Waals surface area (Å²) in [7, 11) is 0. The van der Waals surface area contributed by atoms with Gasteiger partial charge >= 0.3 is 5.97 Å². The number of nitrogens with one attached hydrogen (secondary N) is 2. The van der Waals surface area contributed by atoms with E-state index in [0.717, 1.165) is 11.3 Å². The van der Waals surface area contributed by atoms with Crippen molar-refractivity contribution < 1.29 is 14.7 Å². The van der Waals surface area contributed by atoms with Crippen molar-refractivity contribution in [1.29, 1.82) is 0 Å². The van der Waals surface area contributed by atoms with E-state index in [1.807, 2.05) is 6.07 Å². The van der Waals surface area contributed by atoms with Crippen LogP contribution in [-0.4, -0.2) is 27.2 Å². The van der Waals surface area contributed by atoms with Crippen molar-refractivity contribution in [3.05, 3.63) is 36.5 Å². The molecule has 98 valence electrons. The summed E-state index contributed by atoms with van der Waals surface area (Å²) in [5.41, 5.74) is 2.23. The summed E-state index contributed by atoms with van der Waals surface area (Å²) in [6.45, 7) is 1.34. The number of carbonyl (C=O) groups is 2. The van der Waals surface area contributed by atoms with Gasteiger partial charge < -0.3 is 10.4 Å². The van der Waals surface area contributed by atoms with E-state index in [1.54, 1.807) is 30.5 Å². The van der Waals surface area contributed by atoms with E-state index >= 15 is 0 Å². The van der Waals surface area contributed by atoms with Gasteiger partial charge in [-0.2, -0.15) is 5.10 Å². The zero-order valence-electron chi connectivity index (χ0n) is 10.3. The molecule has 0 radical (unpaired) electrons. The van der Waals surface area contributed by atoms with Crippen LogP contribution in [0.4, 0.5) is 5.69 Å². The van der Waals surface area contributed by atoms with Gasteiger partial charge in [0.2, 0.25) is 5.91 Å². The van der Waals surface area contributed by atoms with Crippen molar-refractivity contribution >= 4 is 17.6 Å². The number of H-pyrrole nitrogens is 1. The van der Waals surface area contributed by atoms with Gasteiger partial charge in [0.25, 0.3) is 0 Å². The van der Waals surface area contributed by atoms with Gasteiger partial charge in [-0.3, -0.25) is 14.7 Å². The van der Waals surface area contributed by atoms with E-state index in [-0.39, 0.29) is 0 Å². The number of carboxylic acid groups (broad SMARTS) is 1. The van der Waals surface area contributed by atoms with E-state index in [4.69, 9.17) is 5.11 Å². The van der Waals surface area contributed by atoms with Crippen molar-refractivity contribution in [2.24, 2.45) is 5.92 Å². The number of anilines is 1. The van der Waals surface area contributed by atoms with Crippen LogP contribution in [0.15, 0.2) is 36.5 Å². The van der Waals surface area contributed by atoms with E-state index in [2.05, 4.69) is 15.5 Å². The minimum Gasteiger partial charge on any atom is -0.481 e. The normalized spacial score (nSPS) is 11.8. The van der Waals surface area contributed by atoms with E-state index in [9.17, 15) is 9.59 Å². The predicted molar refractivity (Wildman–Crippen MR) is 69.5 cm³/mol. The quantitative estimate of drug-likeness (QED) is 0.729. The zero-order valence-corrected chi connectivity index (χ0v) is 10.3. The largest absolute Gasteiger partial charge is 0.481 e. The molecule has 3 N–H and O–H groups in total. The van der Waals surface area contributed by atoms with Crippen LogP contribution < -0.4 is 5.32 Å². The number of hydrogen-bond donors (Lipinski definition) is 3. The fourth-order valence-corrected chi connectivity index (χ4v) is 1.54. The molecule has 6 nitrogen and oxygen atoms in total. The summed E-state index contributed by atoms with van der Waals surface area (Å²) >= 11 is 0. The molecule has 1 aromatic heterocycles. The molecule has 2 aromatic rings. The topological polar surface area (TPSA) is 95.1 Å². The fourth-order valence-electron chi connectivity index (χ4n) is 1.54.